The largest absolute Gasteiger partial charge is 0.484 e. The van der Waals surface area contributed by atoms with Gasteiger partial charge in [-0.3, -0.25) is 14.9 Å². The number of nitrogens with zero attached hydrogens (tertiary/aromatic N) is 1. The lowest BCUT2D eigenvalue weighted by atomic mass is 10.3. The maximum atomic E-state index is 11.9. The van der Waals surface area contributed by atoms with Gasteiger partial charge in [-0.1, -0.05) is 11.6 Å². The first-order valence-corrected chi connectivity index (χ1v) is 6.83. The van der Waals surface area contributed by atoms with Crippen LogP contribution in [0.4, 0.5) is 5.69 Å². The van der Waals surface area contributed by atoms with E-state index in [-0.39, 0.29) is 28.8 Å². The van der Waals surface area contributed by atoms with E-state index >= 15 is 0 Å². The van der Waals surface area contributed by atoms with Crippen LogP contribution in [0.2, 0.25) is 5.02 Å². The molecule has 5 nitrogen and oxygen atoms in total. The van der Waals surface area contributed by atoms with Gasteiger partial charge >= 0.3 is 0 Å². The molecule has 0 atom stereocenters. The molecule has 0 saturated heterocycles. The van der Waals surface area contributed by atoms with Crippen molar-refractivity contribution in [3.8, 4) is 5.75 Å². The number of benzene rings is 1. The zero-order chi connectivity index (χ0) is 14.7. The normalized spacial score (nSPS) is 10.3. The molecule has 0 bridgehead atoms. The number of nitro benzene ring substituents is 1. The molecule has 7 heteroatoms. The Labute approximate surface area is 123 Å². The Hall–Kier alpha value is -1.92. The summed E-state index contributed by atoms with van der Waals surface area (Å²) in [6.45, 7) is 1.76. The minimum atomic E-state index is -0.546. The van der Waals surface area contributed by atoms with Crippen LogP contribution in [0.5, 0.6) is 5.75 Å². The molecular formula is C13H10ClNO4S. The van der Waals surface area contributed by atoms with Crippen LogP contribution in [0.15, 0.2) is 30.3 Å². The summed E-state index contributed by atoms with van der Waals surface area (Å²) in [6, 6.07) is 7.45. The van der Waals surface area contributed by atoms with Crippen molar-refractivity contribution in [2.24, 2.45) is 0 Å². The first-order valence-electron chi connectivity index (χ1n) is 5.64. The van der Waals surface area contributed by atoms with E-state index in [1.165, 1.54) is 29.5 Å². The number of rotatable bonds is 5. The van der Waals surface area contributed by atoms with Crippen molar-refractivity contribution in [2.75, 3.05) is 6.61 Å². The fourth-order valence-electron chi connectivity index (χ4n) is 1.52. The molecule has 0 aliphatic rings. The monoisotopic (exact) mass is 311 g/mol. The molecule has 0 saturated carbocycles. The van der Waals surface area contributed by atoms with Gasteiger partial charge in [-0.15, -0.1) is 11.3 Å². The van der Waals surface area contributed by atoms with Gasteiger partial charge in [0, 0.05) is 17.0 Å². The fourth-order valence-corrected chi connectivity index (χ4v) is 2.54. The molecule has 0 unspecified atom stereocenters. The van der Waals surface area contributed by atoms with Gasteiger partial charge in [-0.2, -0.15) is 0 Å². The number of nitro groups is 1. The highest BCUT2D eigenvalue weighted by molar-refractivity contribution is 7.14. The SMILES string of the molecule is Cc1ccc(C(=O)COc2ccc([N+](=O)[O-])cc2Cl)s1. The topological polar surface area (TPSA) is 69.4 Å². The number of ether oxygens (including phenoxy) is 1. The number of aryl methyl sites for hydroxylation is 1. The summed E-state index contributed by atoms with van der Waals surface area (Å²) in [6.07, 6.45) is 0. The van der Waals surface area contributed by atoms with Gasteiger partial charge in [0.05, 0.1) is 14.8 Å². The predicted octanol–water partition coefficient (Wildman–Crippen LogP) is 3.88. The van der Waals surface area contributed by atoms with Crippen LogP contribution in [-0.4, -0.2) is 17.3 Å². The second-order valence-electron chi connectivity index (χ2n) is 3.99. The van der Waals surface area contributed by atoms with E-state index in [0.717, 1.165) is 4.88 Å². The molecule has 104 valence electrons. The van der Waals surface area contributed by atoms with Crippen molar-refractivity contribution in [3.63, 3.8) is 0 Å². The zero-order valence-corrected chi connectivity index (χ0v) is 12.0. The van der Waals surface area contributed by atoms with E-state index < -0.39 is 4.92 Å². The molecule has 0 spiro atoms. The van der Waals surface area contributed by atoms with Gasteiger partial charge in [-0.25, -0.2) is 0 Å². The molecule has 1 aromatic heterocycles. The lowest BCUT2D eigenvalue weighted by Crippen LogP contribution is -2.10. The summed E-state index contributed by atoms with van der Waals surface area (Å²) in [5.41, 5.74) is -0.123. The average molecular weight is 312 g/mol. The highest BCUT2D eigenvalue weighted by atomic mass is 35.5. The Morgan fingerprint density at radius 2 is 2.15 bits per heavy atom. The quantitative estimate of drug-likeness (QED) is 0.477. The van der Waals surface area contributed by atoms with Crippen molar-refractivity contribution in [2.45, 2.75) is 6.92 Å². The molecular weight excluding hydrogens is 302 g/mol. The standard InChI is InChI=1S/C13H10ClNO4S/c1-8-2-5-13(20-8)11(16)7-19-12-4-3-9(15(17)18)6-10(12)14/h2-6H,7H2,1H3. The number of carbonyl (C=O) groups excluding carboxylic acids is 1. The van der Waals surface area contributed by atoms with E-state index in [9.17, 15) is 14.9 Å². The first-order chi connectivity index (χ1) is 9.47. The molecule has 0 N–H and O–H groups in total. The predicted molar refractivity (Wildman–Crippen MR) is 77.0 cm³/mol. The molecule has 20 heavy (non-hydrogen) atoms. The Morgan fingerprint density at radius 1 is 1.40 bits per heavy atom. The maximum absolute atomic E-state index is 11.9. The Morgan fingerprint density at radius 3 is 2.70 bits per heavy atom. The minimum Gasteiger partial charge on any atom is -0.484 e. The van der Waals surface area contributed by atoms with Crippen LogP contribution < -0.4 is 4.74 Å². The molecule has 2 aromatic rings. The Balaban J connectivity index is 2.04. The van der Waals surface area contributed by atoms with Gasteiger partial charge in [0.2, 0.25) is 5.78 Å². The number of halogens is 1. The Bertz CT molecular complexity index is 668. The van der Waals surface area contributed by atoms with Crippen molar-refractivity contribution in [1.29, 1.82) is 0 Å². The fraction of sp³-hybridized carbons (Fsp3) is 0.154. The number of thiophene rings is 1. The van der Waals surface area contributed by atoms with Gasteiger partial charge in [0.15, 0.2) is 6.61 Å². The summed E-state index contributed by atoms with van der Waals surface area (Å²) < 4.78 is 5.30. The van der Waals surface area contributed by atoms with Crippen molar-refractivity contribution < 1.29 is 14.5 Å². The van der Waals surface area contributed by atoms with Gasteiger partial charge < -0.3 is 4.74 Å². The van der Waals surface area contributed by atoms with Crippen molar-refractivity contribution >= 4 is 34.4 Å². The highest BCUT2D eigenvalue weighted by Crippen LogP contribution is 2.28. The molecule has 2 rings (SSSR count). The first kappa shape index (κ1) is 14.5. The lowest BCUT2D eigenvalue weighted by Gasteiger charge is -2.06. The smallest absolute Gasteiger partial charge is 0.271 e. The van der Waals surface area contributed by atoms with Crippen molar-refractivity contribution in [3.05, 3.63) is 55.2 Å². The number of hydrogen-bond donors (Lipinski definition) is 0. The molecule has 0 radical (unpaired) electrons. The van der Waals surface area contributed by atoms with E-state index in [1.807, 2.05) is 13.0 Å². The Kier molecular flexibility index (Phi) is 4.36. The van der Waals surface area contributed by atoms with E-state index in [0.29, 0.717) is 4.88 Å². The third kappa shape index (κ3) is 3.34. The number of carbonyl (C=O) groups is 1. The molecule has 1 heterocycles. The average Bonchev–Trinajstić information content (AvgIpc) is 2.83. The van der Waals surface area contributed by atoms with E-state index in [4.69, 9.17) is 16.3 Å². The summed E-state index contributed by atoms with van der Waals surface area (Å²) in [5, 5.41) is 10.7. The van der Waals surface area contributed by atoms with Crippen LogP contribution in [0.3, 0.4) is 0 Å². The number of hydrogen-bond acceptors (Lipinski definition) is 5. The van der Waals surface area contributed by atoms with Crippen LogP contribution in [0.25, 0.3) is 0 Å². The summed E-state index contributed by atoms with van der Waals surface area (Å²) in [7, 11) is 0. The van der Waals surface area contributed by atoms with Crippen LogP contribution in [0.1, 0.15) is 14.5 Å². The van der Waals surface area contributed by atoms with Crippen LogP contribution >= 0.6 is 22.9 Å². The second kappa shape index (κ2) is 6.02. The molecule has 0 aliphatic carbocycles. The van der Waals surface area contributed by atoms with E-state index in [1.54, 1.807) is 6.07 Å². The maximum Gasteiger partial charge on any atom is 0.271 e. The minimum absolute atomic E-state index is 0.106. The van der Waals surface area contributed by atoms with Gasteiger partial charge in [0.1, 0.15) is 5.75 Å². The third-order valence-electron chi connectivity index (χ3n) is 2.50. The van der Waals surface area contributed by atoms with Crippen molar-refractivity contribution in [1.82, 2.24) is 0 Å². The summed E-state index contributed by atoms with van der Waals surface area (Å²) >= 11 is 7.26. The molecule has 0 aliphatic heterocycles. The van der Waals surface area contributed by atoms with E-state index in [2.05, 4.69) is 0 Å². The second-order valence-corrected chi connectivity index (χ2v) is 5.69. The molecule has 0 amide bonds. The number of Topliss-reactive ketones (excluding diaryl/α,β-unsaturated/α-hetero) is 1. The third-order valence-corrected chi connectivity index (χ3v) is 3.84. The van der Waals surface area contributed by atoms with Gasteiger partial charge in [0.25, 0.3) is 5.69 Å². The highest BCUT2D eigenvalue weighted by Gasteiger charge is 2.13. The summed E-state index contributed by atoms with van der Waals surface area (Å²) in [4.78, 5) is 23.5. The number of non-ortho nitro benzene ring substituents is 1. The lowest BCUT2D eigenvalue weighted by molar-refractivity contribution is -0.384. The van der Waals surface area contributed by atoms with Crippen LogP contribution in [0, 0.1) is 17.0 Å². The van der Waals surface area contributed by atoms with Gasteiger partial charge in [-0.05, 0) is 25.1 Å². The molecule has 0 fully saturated rings. The molecule has 1 aromatic carbocycles. The van der Waals surface area contributed by atoms with Crippen LogP contribution in [-0.2, 0) is 0 Å². The zero-order valence-electron chi connectivity index (χ0n) is 10.5. The number of ketones is 1. The summed E-state index contributed by atoms with van der Waals surface area (Å²) in [5.74, 6) is 0.0939.